The Kier molecular flexibility index (Phi) is 13.2. The Morgan fingerprint density at radius 2 is 1.38 bits per heavy atom. The van der Waals surface area contributed by atoms with Crippen molar-refractivity contribution in [1.29, 1.82) is 0 Å². The first-order valence-electron chi connectivity index (χ1n) is 16.5. The number of nitrogens with one attached hydrogen (secondary N) is 2. The lowest BCUT2D eigenvalue weighted by Gasteiger charge is -2.45. The number of hydrogen-bond acceptors (Lipinski definition) is 6. The highest BCUT2D eigenvalue weighted by molar-refractivity contribution is 5.94. The number of hydrogen-bond donors (Lipinski definition) is 2. The zero-order valence-corrected chi connectivity index (χ0v) is 30.7. The molecule has 0 radical (unpaired) electrons. The van der Waals surface area contributed by atoms with Crippen molar-refractivity contribution in [2.45, 2.75) is 138 Å². The molecule has 0 aromatic heterocycles. The van der Waals surface area contributed by atoms with E-state index in [9.17, 15) is 19.2 Å². The Hall–Kier alpha value is -3.88. The maximum Gasteiger partial charge on any atom is 0.408 e. The van der Waals surface area contributed by atoms with Gasteiger partial charge in [0.25, 0.3) is 0 Å². The molecule has 0 aliphatic carbocycles. The van der Waals surface area contributed by atoms with E-state index >= 15 is 0 Å². The number of alkyl carbamates (subject to hydrolysis) is 1. The van der Waals surface area contributed by atoms with Gasteiger partial charge >= 0.3 is 12.1 Å². The SMILES string of the molecule is CCC(C)(C)N(C(=O)C(NC(=O)OC(C)(C)C)C(C)C)C(C(=O)NC(Cc1ccccc1)C(=O)OC(C)(C)C)c1ccc(C)cc1C. The molecule has 0 heterocycles. The van der Waals surface area contributed by atoms with Crippen molar-refractivity contribution < 1.29 is 28.7 Å². The third-order valence-electron chi connectivity index (χ3n) is 7.88. The minimum atomic E-state index is -1.14. The minimum Gasteiger partial charge on any atom is -0.458 e. The molecule has 2 aromatic carbocycles. The third-order valence-corrected chi connectivity index (χ3v) is 7.88. The summed E-state index contributed by atoms with van der Waals surface area (Å²) in [4.78, 5) is 57.6. The molecule has 2 rings (SSSR count). The molecule has 0 saturated heterocycles. The largest absolute Gasteiger partial charge is 0.458 e. The van der Waals surface area contributed by atoms with Gasteiger partial charge in [0.1, 0.15) is 29.3 Å². The summed E-state index contributed by atoms with van der Waals surface area (Å²) in [7, 11) is 0. The van der Waals surface area contributed by atoms with Crippen molar-refractivity contribution in [3.63, 3.8) is 0 Å². The van der Waals surface area contributed by atoms with Crippen LogP contribution in [0.25, 0.3) is 0 Å². The minimum absolute atomic E-state index is 0.195. The lowest BCUT2D eigenvalue weighted by molar-refractivity contribution is -0.159. The molecular formula is C38H57N3O6. The second-order valence-corrected chi connectivity index (χ2v) is 15.3. The summed E-state index contributed by atoms with van der Waals surface area (Å²) in [5, 5.41) is 5.76. The van der Waals surface area contributed by atoms with Crippen LogP contribution in [0.5, 0.6) is 0 Å². The van der Waals surface area contributed by atoms with Gasteiger partial charge in [0.05, 0.1) is 0 Å². The number of esters is 1. The maximum atomic E-state index is 14.8. The summed E-state index contributed by atoms with van der Waals surface area (Å²) >= 11 is 0. The van der Waals surface area contributed by atoms with E-state index in [2.05, 4.69) is 10.6 Å². The summed E-state index contributed by atoms with van der Waals surface area (Å²) in [5.74, 6) is -1.87. The van der Waals surface area contributed by atoms with E-state index in [0.717, 1.165) is 16.7 Å². The Morgan fingerprint density at radius 1 is 0.809 bits per heavy atom. The molecule has 0 spiro atoms. The van der Waals surface area contributed by atoms with Crippen LogP contribution in [0.4, 0.5) is 4.79 Å². The maximum absolute atomic E-state index is 14.8. The van der Waals surface area contributed by atoms with Gasteiger partial charge in [0, 0.05) is 12.0 Å². The number of benzene rings is 2. The fourth-order valence-electron chi connectivity index (χ4n) is 5.24. The first kappa shape index (κ1) is 39.3. The van der Waals surface area contributed by atoms with Crippen LogP contribution in [-0.2, 0) is 30.3 Å². The number of carbonyl (C=O) groups is 4. The van der Waals surface area contributed by atoms with E-state index in [1.807, 2.05) is 97.0 Å². The van der Waals surface area contributed by atoms with Crippen molar-refractivity contribution in [3.8, 4) is 0 Å². The lowest BCUT2D eigenvalue weighted by atomic mass is 9.88. The number of carbonyl (C=O) groups excluding carboxylic acids is 4. The van der Waals surface area contributed by atoms with Gasteiger partial charge < -0.3 is 25.0 Å². The van der Waals surface area contributed by atoms with Gasteiger partial charge in [-0.3, -0.25) is 9.59 Å². The van der Waals surface area contributed by atoms with Gasteiger partial charge in [-0.05, 0) is 98.3 Å². The van der Waals surface area contributed by atoms with Crippen LogP contribution in [-0.4, -0.2) is 57.6 Å². The molecular weight excluding hydrogens is 594 g/mol. The molecule has 2 N–H and O–H groups in total. The molecule has 3 unspecified atom stereocenters. The molecule has 0 aliphatic rings. The first-order valence-corrected chi connectivity index (χ1v) is 16.5. The van der Waals surface area contributed by atoms with E-state index in [0.29, 0.717) is 12.0 Å². The van der Waals surface area contributed by atoms with E-state index in [-0.39, 0.29) is 12.3 Å². The zero-order chi connectivity index (χ0) is 35.9. The van der Waals surface area contributed by atoms with Gasteiger partial charge in [0.15, 0.2) is 0 Å². The van der Waals surface area contributed by atoms with Crippen molar-refractivity contribution in [2.24, 2.45) is 5.92 Å². The molecule has 0 bridgehead atoms. The van der Waals surface area contributed by atoms with E-state index in [1.165, 1.54) is 0 Å². The lowest BCUT2D eigenvalue weighted by Crippen LogP contribution is -2.61. The molecule has 9 nitrogen and oxygen atoms in total. The second kappa shape index (κ2) is 15.8. The Morgan fingerprint density at radius 3 is 1.87 bits per heavy atom. The zero-order valence-electron chi connectivity index (χ0n) is 30.7. The quantitative estimate of drug-likeness (QED) is 0.240. The van der Waals surface area contributed by atoms with Gasteiger partial charge in [-0.15, -0.1) is 0 Å². The number of amides is 3. The fourth-order valence-corrected chi connectivity index (χ4v) is 5.24. The number of rotatable bonds is 12. The van der Waals surface area contributed by atoms with Crippen LogP contribution in [0.3, 0.4) is 0 Å². The average molecular weight is 652 g/mol. The van der Waals surface area contributed by atoms with E-state index in [4.69, 9.17) is 9.47 Å². The first-order chi connectivity index (χ1) is 21.6. The summed E-state index contributed by atoms with van der Waals surface area (Å²) < 4.78 is 11.3. The molecule has 9 heteroatoms. The van der Waals surface area contributed by atoms with Crippen molar-refractivity contribution in [3.05, 3.63) is 70.8 Å². The van der Waals surface area contributed by atoms with Crippen molar-refractivity contribution in [1.82, 2.24) is 15.5 Å². The standard InChI is InChI=1S/C38H57N3O6/c1-14-38(12,13)41(33(43)30(24(2)3)40-35(45)47-37(9,10)11)31(28-21-20-25(4)22-26(28)5)32(42)39-29(34(44)46-36(6,7)8)23-27-18-16-15-17-19-27/h15-22,24,29-31H,14,23H2,1-13H3,(H,39,42)(H,40,45). The monoisotopic (exact) mass is 651 g/mol. The molecule has 3 amide bonds. The van der Waals surface area contributed by atoms with Crippen molar-refractivity contribution >= 4 is 23.9 Å². The average Bonchev–Trinajstić information content (AvgIpc) is 2.92. The Balaban J connectivity index is 2.74. The highest BCUT2D eigenvalue weighted by Gasteiger charge is 2.45. The Bertz CT molecular complexity index is 1390. The van der Waals surface area contributed by atoms with Crippen LogP contribution in [0.2, 0.25) is 0 Å². The van der Waals surface area contributed by atoms with Crippen LogP contribution in [0, 0.1) is 19.8 Å². The van der Waals surface area contributed by atoms with E-state index < -0.39 is 58.7 Å². The molecule has 260 valence electrons. The highest BCUT2D eigenvalue weighted by atomic mass is 16.6. The summed E-state index contributed by atoms with van der Waals surface area (Å²) in [6, 6.07) is 11.9. The van der Waals surface area contributed by atoms with Crippen LogP contribution >= 0.6 is 0 Å². The summed E-state index contributed by atoms with van der Waals surface area (Å²) in [6.07, 6.45) is -0.0234. The molecule has 0 fully saturated rings. The third kappa shape index (κ3) is 11.7. The van der Waals surface area contributed by atoms with Gasteiger partial charge in [-0.2, -0.15) is 0 Å². The molecule has 0 saturated carbocycles. The predicted molar refractivity (Wildman–Crippen MR) is 186 cm³/mol. The number of nitrogens with zero attached hydrogens (tertiary/aromatic N) is 1. The van der Waals surface area contributed by atoms with Gasteiger partial charge in [0.2, 0.25) is 11.8 Å². The highest BCUT2D eigenvalue weighted by Crippen LogP contribution is 2.35. The molecule has 47 heavy (non-hydrogen) atoms. The fraction of sp³-hybridized carbons (Fsp3) is 0.579. The van der Waals surface area contributed by atoms with Crippen LogP contribution < -0.4 is 10.6 Å². The predicted octanol–water partition coefficient (Wildman–Crippen LogP) is 6.98. The van der Waals surface area contributed by atoms with Crippen molar-refractivity contribution in [2.75, 3.05) is 0 Å². The smallest absolute Gasteiger partial charge is 0.408 e. The summed E-state index contributed by atoms with van der Waals surface area (Å²) in [5.41, 5.74) is 0.871. The second-order valence-electron chi connectivity index (χ2n) is 15.3. The van der Waals surface area contributed by atoms with Gasteiger partial charge in [-0.25, -0.2) is 9.59 Å². The Labute approximate surface area is 282 Å². The van der Waals surface area contributed by atoms with E-state index in [1.54, 1.807) is 46.4 Å². The number of ether oxygens (including phenoxy) is 2. The molecule has 0 aliphatic heterocycles. The normalized spacial score (nSPS) is 14.1. The van der Waals surface area contributed by atoms with Gasteiger partial charge in [-0.1, -0.05) is 74.9 Å². The summed E-state index contributed by atoms with van der Waals surface area (Å²) in [6.45, 7) is 23.9. The van der Waals surface area contributed by atoms with Crippen LogP contribution in [0.15, 0.2) is 48.5 Å². The number of aryl methyl sites for hydroxylation is 2. The van der Waals surface area contributed by atoms with Crippen LogP contribution in [0.1, 0.15) is 111 Å². The molecule has 2 aromatic rings. The molecule has 3 atom stereocenters. The topological polar surface area (TPSA) is 114 Å².